The number of nitrogens with one attached hydrogen (secondary N) is 1. The topological polar surface area (TPSA) is 66.4 Å². The van der Waals surface area contributed by atoms with Crippen LogP contribution in [0.5, 0.6) is 0 Å². The number of carboxylic acids is 1. The van der Waals surface area contributed by atoms with Crippen molar-refractivity contribution in [2.75, 3.05) is 0 Å². The zero-order valence-corrected chi connectivity index (χ0v) is 9.50. The summed E-state index contributed by atoms with van der Waals surface area (Å²) in [7, 11) is 0. The highest BCUT2D eigenvalue weighted by Gasteiger charge is 2.40. The number of carbonyl (C=O) groups excluding carboxylic acids is 1. The van der Waals surface area contributed by atoms with E-state index in [4.69, 9.17) is 5.11 Å². The quantitative estimate of drug-likeness (QED) is 0.748. The van der Waals surface area contributed by atoms with Crippen molar-refractivity contribution in [3.63, 3.8) is 0 Å². The second-order valence-electron chi connectivity index (χ2n) is 5.25. The van der Waals surface area contributed by atoms with Gasteiger partial charge in [-0.15, -0.1) is 0 Å². The van der Waals surface area contributed by atoms with E-state index in [0.717, 1.165) is 32.1 Å². The average Bonchev–Trinajstić information content (AvgIpc) is 2.07. The Bertz CT molecular complexity index is 293. The molecule has 0 radical (unpaired) electrons. The van der Waals surface area contributed by atoms with Crippen molar-refractivity contribution in [3.8, 4) is 0 Å². The normalized spacial score (nSPS) is 23.0. The lowest BCUT2D eigenvalue weighted by atomic mass is 9.74. The van der Waals surface area contributed by atoms with E-state index < -0.39 is 11.5 Å². The molecule has 0 bridgehead atoms. The molecule has 0 aromatic rings. The van der Waals surface area contributed by atoms with E-state index in [1.807, 2.05) is 0 Å². The molecule has 2 aliphatic rings. The Hall–Kier alpha value is -1.06. The van der Waals surface area contributed by atoms with Crippen LogP contribution in [0.2, 0.25) is 0 Å². The predicted molar refractivity (Wildman–Crippen MR) is 58.9 cm³/mol. The van der Waals surface area contributed by atoms with Crippen LogP contribution in [0.4, 0.5) is 0 Å². The lowest BCUT2D eigenvalue weighted by Crippen LogP contribution is -2.55. The molecule has 0 saturated heterocycles. The number of carbonyl (C=O) groups is 2. The van der Waals surface area contributed by atoms with Gasteiger partial charge in [0.15, 0.2) is 0 Å². The highest BCUT2D eigenvalue weighted by molar-refractivity contribution is 5.78. The van der Waals surface area contributed by atoms with Gasteiger partial charge in [0.05, 0.1) is 12.0 Å². The van der Waals surface area contributed by atoms with Crippen LogP contribution in [-0.4, -0.2) is 22.5 Å². The molecule has 1 amide bonds. The van der Waals surface area contributed by atoms with Gasteiger partial charge in [-0.25, -0.2) is 0 Å². The molecule has 0 heterocycles. The molecule has 0 aromatic heterocycles. The Labute approximate surface area is 95.4 Å². The van der Waals surface area contributed by atoms with Crippen molar-refractivity contribution >= 4 is 11.9 Å². The molecule has 4 nitrogen and oxygen atoms in total. The van der Waals surface area contributed by atoms with Gasteiger partial charge in [-0.2, -0.15) is 0 Å². The van der Waals surface area contributed by atoms with Crippen LogP contribution >= 0.6 is 0 Å². The van der Waals surface area contributed by atoms with E-state index in [1.54, 1.807) is 0 Å². The average molecular weight is 225 g/mol. The summed E-state index contributed by atoms with van der Waals surface area (Å²) >= 11 is 0. The SMILES string of the molecule is O=C(O)CC1(NC(=O)CC2CCC2)CCC1. The zero-order valence-electron chi connectivity index (χ0n) is 9.50. The van der Waals surface area contributed by atoms with E-state index in [9.17, 15) is 9.59 Å². The maximum atomic E-state index is 11.7. The molecule has 2 N–H and O–H groups in total. The first kappa shape index (κ1) is 11.4. The van der Waals surface area contributed by atoms with Crippen molar-refractivity contribution < 1.29 is 14.7 Å². The number of rotatable bonds is 5. The maximum absolute atomic E-state index is 11.7. The highest BCUT2D eigenvalue weighted by atomic mass is 16.4. The molecule has 0 spiro atoms. The second-order valence-corrected chi connectivity index (χ2v) is 5.25. The van der Waals surface area contributed by atoms with Crippen molar-refractivity contribution in [3.05, 3.63) is 0 Å². The van der Waals surface area contributed by atoms with Crippen LogP contribution in [0.1, 0.15) is 51.4 Å². The Kier molecular flexibility index (Phi) is 3.17. The van der Waals surface area contributed by atoms with Gasteiger partial charge in [0.2, 0.25) is 5.91 Å². The predicted octanol–water partition coefficient (Wildman–Crippen LogP) is 1.69. The van der Waals surface area contributed by atoms with E-state index in [1.165, 1.54) is 6.42 Å². The molecule has 2 fully saturated rings. The molecule has 90 valence electrons. The van der Waals surface area contributed by atoms with Crippen LogP contribution in [0.25, 0.3) is 0 Å². The Morgan fingerprint density at radius 1 is 1.25 bits per heavy atom. The number of aliphatic carboxylic acids is 1. The molecule has 0 aromatic carbocycles. The minimum Gasteiger partial charge on any atom is -0.481 e. The van der Waals surface area contributed by atoms with E-state index in [0.29, 0.717) is 12.3 Å². The molecule has 0 unspecified atom stereocenters. The summed E-state index contributed by atoms with van der Waals surface area (Å²) in [6, 6.07) is 0. The summed E-state index contributed by atoms with van der Waals surface area (Å²) in [5, 5.41) is 11.8. The van der Waals surface area contributed by atoms with Crippen molar-refractivity contribution in [2.45, 2.75) is 56.9 Å². The third-order valence-corrected chi connectivity index (χ3v) is 3.90. The third kappa shape index (κ3) is 2.54. The summed E-state index contributed by atoms with van der Waals surface area (Å²) in [6.45, 7) is 0. The van der Waals surface area contributed by atoms with Gasteiger partial charge in [0.1, 0.15) is 0 Å². The molecule has 2 saturated carbocycles. The van der Waals surface area contributed by atoms with E-state index in [2.05, 4.69) is 5.32 Å². The fraction of sp³-hybridized carbons (Fsp3) is 0.833. The van der Waals surface area contributed by atoms with Crippen molar-refractivity contribution in [1.29, 1.82) is 0 Å². The van der Waals surface area contributed by atoms with E-state index in [-0.39, 0.29) is 12.3 Å². The minimum absolute atomic E-state index is 0.0469. The van der Waals surface area contributed by atoms with Gasteiger partial charge in [0, 0.05) is 6.42 Å². The largest absolute Gasteiger partial charge is 0.481 e. The summed E-state index contributed by atoms with van der Waals surface area (Å²) < 4.78 is 0. The third-order valence-electron chi connectivity index (χ3n) is 3.90. The summed E-state index contributed by atoms with van der Waals surface area (Å²) in [5.74, 6) is -0.226. The molecular weight excluding hydrogens is 206 g/mol. The fourth-order valence-electron chi connectivity index (χ4n) is 2.54. The van der Waals surface area contributed by atoms with Crippen LogP contribution < -0.4 is 5.32 Å². The Morgan fingerprint density at radius 2 is 1.94 bits per heavy atom. The lowest BCUT2D eigenvalue weighted by molar-refractivity contribution is -0.140. The van der Waals surface area contributed by atoms with Crippen molar-refractivity contribution in [2.24, 2.45) is 5.92 Å². The molecular formula is C12H19NO3. The first-order chi connectivity index (χ1) is 7.60. The number of amides is 1. The molecule has 16 heavy (non-hydrogen) atoms. The highest BCUT2D eigenvalue weighted by Crippen LogP contribution is 2.36. The standard InChI is InChI=1S/C12H19NO3/c14-10(7-9-3-1-4-9)13-12(5-2-6-12)8-11(15)16/h9H,1-8H2,(H,13,14)(H,15,16). The Balaban J connectivity index is 1.80. The summed E-state index contributed by atoms with van der Waals surface area (Å²) in [6.07, 6.45) is 6.85. The van der Waals surface area contributed by atoms with Gasteiger partial charge in [-0.05, 0) is 38.0 Å². The van der Waals surface area contributed by atoms with Crippen LogP contribution in [0.3, 0.4) is 0 Å². The molecule has 0 atom stereocenters. The smallest absolute Gasteiger partial charge is 0.305 e. The van der Waals surface area contributed by atoms with Gasteiger partial charge in [0.25, 0.3) is 0 Å². The fourth-order valence-corrected chi connectivity index (χ4v) is 2.54. The number of hydrogen-bond acceptors (Lipinski definition) is 2. The number of hydrogen-bond donors (Lipinski definition) is 2. The number of carboxylic acid groups (broad SMARTS) is 1. The van der Waals surface area contributed by atoms with Gasteiger partial charge in [-0.3, -0.25) is 9.59 Å². The van der Waals surface area contributed by atoms with Gasteiger partial charge >= 0.3 is 5.97 Å². The summed E-state index contributed by atoms with van der Waals surface area (Å²) in [4.78, 5) is 22.5. The van der Waals surface area contributed by atoms with E-state index >= 15 is 0 Å². The first-order valence-corrected chi connectivity index (χ1v) is 6.12. The monoisotopic (exact) mass is 225 g/mol. The first-order valence-electron chi connectivity index (χ1n) is 6.12. The van der Waals surface area contributed by atoms with Crippen LogP contribution in [0.15, 0.2) is 0 Å². The van der Waals surface area contributed by atoms with Gasteiger partial charge in [-0.1, -0.05) is 6.42 Å². The molecule has 2 rings (SSSR count). The molecule has 0 aliphatic heterocycles. The van der Waals surface area contributed by atoms with Crippen molar-refractivity contribution in [1.82, 2.24) is 5.32 Å². The van der Waals surface area contributed by atoms with Crippen LogP contribution in [0, 0.1) is 5.92 Å². The van der Waals surface area contributed by atoms with Crippen LogP contribution in [-0.2, 0) is 9.59 Å². The van der Waals surface area contributed by atoms with Gasteiger partial charge < -0.3 is 10.4 Å². The summed E-state index contributed by atoms with van der Waals surface area (Å²) in [5.41, 5.74) is -0.424. The zero-order chi connectivity index (χ0) is 11.6. The molecule has 2 aliphatic carbocycles. The Morgan fingerprint density at radius 3 is 2.31 bits per heavy atom. The molecule has 4 heteroatoms. The second kappa shape index (κ2) is 4.44. The maximum Gasteiger partial charge on any atom is 0.305 e. The lowest BCUT2D eigenvalue weighted by Gasteiger charge is -2.42. The minimum atomic E-state index is -0.816.